The molecule has 0 spiro atoms. The highest BCUT2D eigenvalue weighted by Gasteiger charge is 2.35. The third-order valence-corrected chi connectivity index (χ3v) is 8.20. The summed E-state index contributed by atoms with van der Waals surface area (Å²) in [6, 6.07) is 38.9. The summed E-state index contributed by atoms with van der Waals surface area (Å²) in [5.41, 5.74) is 13.8. The van der Waals surface area contributed by atoms with Crippen LogP contribution in [0.25, 0.3) is 61.1 Å². The third-order valence-electron chi connectivity index (χ3n) is 8.20. The van der Waals surface area contributed by atoms with E-state index in [-0.39, 0.29) is 5.41 Å². The quantitative estimate of drug-likeness (QED) is 0.244. The maximum Gasteiger partial charge on any atom is 0.137 e. The highest BCUT2D eigenvalue weighted by molar-refractivity contribution is 6.09. The molecule has 3 aromatic heterocycles. The van der Waals surface area contributed by atoms with Gasteiger partial charge in [0.05, 0.1) is 16.7 Å². The first-order valence-electron chi connectivity index (χ1n) is 13.1. The van der Waals surface area contributed by atoms with Crippen LogP contribution in [0.3, 0.4) is 0 Å². The number of pyridine rings is 2. The van der Waals surface area contributed by atoms with Crippen LogP contribution in [0.15, 0.2) is 115 Å². The van der Waals surface area contributed by atoms with Gasteiger partial charge in [0.2, 0.25) is 0 Å². The topological polar surface area (TPSA) is 30.2 Å². The van der Waals surface area contributed by atoms with Crippen molar-refractivity contribution in [1.29, 1.82) is 0 Å². The molecule has 4 aromatic carbocycles. The van der Waals surface area contributed by atoms with Gasteiger partial charge in [-0.3, -0.25) is 4.40 Å². The van der Waals surface area contributed by atoms with Gasteiger partial charge in [0.25, 0.3) is 0 Å². The lowest BCUT2D eigenvalue weighted by atomic mass is 9.82. The van der Waals surface area contributed by atoms with E-state index in [0.717, 1.165) is 38.8 Å². The van der Waals surface area contributed by atoms with Crippen LogP contribution in [-0.4, -0.2) is 14.4 Å². The molecule has 8 rings (SSSR count). The number of rotatable bonds is 2. The average Bonchev–Trinajstić information content (AvgIpc) is 3.46. The predicted molar refractivity (Wildman–Crippen MR) is 156 cm³/mol. The maximum absolute atomic E-state index is 5.18. The molecule has 3 heterocycles. The van der Waals surface area contributed by atoms with Crippen LogP contribution in [-0.2, 0) is 5.41 Å². The zero-order valence-corrected chi connectivity index (χ0v) is 21.3. The van der Waals surface area contributed by atoms with E-state index in [0.29, 0.717) is 0 Å². The van der Waals surface area contributed by atoms with E-state index in [9.17, 15) is 0 Å². The van der Waals surface area contributed by atoms with E-state index >= 15 is 0 Å². The Morgan fingerprint density at radius 2 is 1.37 bits per heavy atom. The number of benzene rings is 4. The highest BCUT2D eigenvalue weighted by atomic mass is 15.0. The van der Waals surface area contributed by atoms with E-state index in [2.05, 4.69) is 115 Å². The molecule has 0 saturated heterocycles. The van der Waals surface area contributed by atoms with E-state index in [1.165, 1.54) is 33.4 Å². The van der Waals surface area contributed by atoms with Gasteiger partial charge in [0, 0.05) is 22.6 Å². The summed E-state index contributed by atoms with van der Waals surface area (Å²) in [5, 5.41) is 1.08. The minimum absolute atomic E-state index is 0.00991. The smallest absolute Gasteiger partial charge is 0.137 e. The predicted octanol–water partition coefficient (Wildman–Crippen LogP) is 8.68. The first-order valence-corrected chi connectivity index (χ1v) is 13.1. The summed E-state index contributed by atoms with van der Waals surface area (Å²) in [6.45, 7) is 4.65. The standard InChI is InChI=1S/C35H25N3/c1-35(2)28-14-5-3-12-25(28)27-21-23(17-18-29(27)35)22-10-9-11-24(20-22)32-34-33(26-13-4-6-15-30(26)36-32)37-31-16-7-8-19-38(31)34/h3-21H,1-2H3. The van der Waals surface area contributed by atoms with Gasteiger partial charge in [-0.1, -0.05) is 92.7 Å². The molecule has 0 saturated carbocycles. The molecule has 0 fully saturated rings. The van der Waals surface area contributed by atoms with Crippen LogP contribution < -0.4 is 0 Å². The second-order valence-corrected chi connectivity index (χ2v) is 10.7. The van der Waals surface area contributed by atoms with Gasteiger partial charge >= 0.3 is 0 Å². The second-order valence-electron chi connectivity index (χ2n) is 10.7. The number of fused-ring (bicyclic) bond motifs is 8. The zero-order chi connectivity index (χ0) is 25.4. The summed E-state index contributed by atoms with van der Waals surface area (Å²) in [5.74, 6) is 0. The maximum atomic E-state index is 5.18. The second kappa shape index (κ2) is 7.62. The van der Waals surface area contributed by atoms with Crippen molar-refractivity contribution in [2.45, 2.75) is 19.3 Å². The van der Waals surface area contributed by atoms with Crippen molar-refractivity contribution < 1.29 is 0 Å². The summed E-state index contributed by atoms with van der Waals surface area (Å²) in [7, 11) is 0. The van der Waals surface area contributed by atoms with Crippen LogP contribution in [0.2, 0.25) is 0 Å². The SMILES string of the molecule is CC1(C)c2ccccc2-c2cc(-c3cccc(-c4nc5ccccc5c5nc6ccccn6c45)c3)ccc21. The molecule has 1 aliphatic rings. The molecule has 0 atom stereocenters. The van der Waals surface area contributed by atoms with Crippen LogP contribution >= 0.6 is 0 Å². The summed E-state index contributed by atoms with van der Waals surface area (Å²) >= 11 is 0. The Balaban J connectivity index is 1.35. The number of hydrogen-bond acceptors (Lipinski definition) is 2. The molecule has 180 valence electrons. The Morgan fingerprint density at radius 3 is 2.32 bits per heavy atom. The summed E-state index contributed by atoms with van der Waals surface area (Å²) in [4.78, 5) is 10.2. The van der Waals surface area contributed by atoms with E-state index in [4.69, 9.17) is 9.97 Å². The molecule has 0 amide bonds. The minimum Gasteiger partial charge on any atom is -0.298 e. The lowest BCUT2D eigenvalue weighted by Crippen LogP contribution is -2.14. The fourth-order valence-electron chi connectivity index (χ4n) is 6.30. The first kappa shape index (κ1) is 21.3. The lowest BCUT2D eigenvalue weighted by molar-refractivity contribution is 0.660. The number of nitrogens with zero attached hydrogens (tertiary/aromatic N) is 3. The third kappa shape index (κ3) is 2.90. The molecule has 1 aliphatic carbocycles. The Bertz CT molecular complexity index is 2060. The van der Waals surface area contributed by atoms with Crippen LogP contribution in [0.4, 0.5) is 0 Å². The molecular weight excluding hydrogens is 462 g/mol. The van der Waals surface area contributed by atoms with Gasteiger partial charge in [-0.25, -0.2) is 9.97 Å². The summed E-state index contributed by atoms with van der Waals surface area (Å²) in [6.07, 6.45) is 2.08. The van der Waals surface area contributed by atoms with E-state index in [1.54, 1.807) is 0 Å². The zero-order valence-electron chi connectivity index (χ0n) is 21.3. The van der Waals surface area contributed by atoms with Crippen molar-refractivity contribution in [3.05, 3.63) is 127 Å². The van der Waals surface area contributed by atoms with Crippen molar-refractivity contribution in [3.63, 3.8) is 0 Å². The largest absolute Gasteiger partial charge is 0.298 e. The normalized spacial score (nSPS) is 13.7. The molecule has 7 aromatic rings. The van der Waals surface area contributed by atoms with E-state index in [1.807, 2.05) is 18.2 Å². The number of aromatic nitrogens is 3. The molecule has 0 unspecified atom stereocenters. The molecular formula is C35H25N3. The fourth-order valence-corrected chi connectivity index (χ4v) is 6.30. The number of imidazole rings is 1. The van der Waals surface area contributed by atoms with Gasteiger partial charge in [-0.2, -0.15) is 0 Å². The molecule has 0 N–H and O–H groups in total. The number of para-hydroxylation sites is 1. The van der Waals surface area contributed by atoms with Gasteiger partial charge in [0.1, 0.15) is 11.2 Å². The summed E-state index contributed by atoms with van der Waals surface area (Å²) < 4.78 is 2.16. The van der Waals surface area contributed by atoms with Crippen molar-refractivity contribution in [2.75, 3.05) is 0 Å². The average molecular weight is 488 g/mol. The Morgan fingerprint density at radius 1 is 0.605 bits per heavy atom. The molecule has 38 heavy (non-hydrogen) atoms. The Labute approximate surface area is 221 Å². The van der Waals surface area contributed by atoms with Gasteiger partial charge < -0.3 is 0 Å². The monoisotopic (exact) mass is 487 g/mol. The van der Waals surface area contributed by atoms with Crippen LogP contribution in [0.5, 0.6) is 0 Å². The van der Waals surface area contributed by atoms with Gasteiger partial charge in [-0.15, -0.1) is 0 Å². The molecule has 3 nitrogen and oxygen atoms in total. The Hall–Kier alpha value is -4.76. The fraction of sp³-hybridized carbons (Fsp3) is 0.0857. The number of hydrogen-bond donors (Lipinski definition) is 0. The van der Waals surface area contributed by atoms with Crippen molar-refractivity contribution >= 4 is 27.6 Å². The molecule has 3 heteroatoms. The highest BCUT2D eigenvalue weighted by Crippen LogP contribution is 2.49. The van der Waals surface area contributed by atoms with Crippen LogP contribution in [0.1, 0.15) is 25.0 Å². The Kier molecular flexibility index (Phi) is 4.28. The van der Waals surface area contributed by atoms with E-state index < -0.39 is 0 Å². The molecule has 0 aliphatic heterocycles. The minimum atomic E-state index is 0.00991. The van der Waals surface area contributed by atoms with Crippen molar-refractivity contribution in [3.8, 4) is 33.5 Å². The molecule has 0 bridgehead atoms. The van der Waals surface area contributed by atoms with Gasteiger partial charge in [-0.05, 0) is 63.7 Å². The molecule has 0 radical (unpaired) electrons. The van der Waals surface area contributed by atoms with Crippen LogP contribution in [0, 0.1) is 0 Å². The first-order chi connectivity index (χ1) is 18.6. The lowest BCUT2D eigenvalue weighted by Gasteiger charge is -2.21. The van der Waals surface area contributed by atoms with Crippen molar-refractivity contribution in [2.24, 2.45) is 0 Å². The van der Waals surface area contributed by atoms with Crippen molar-refractivity contribution in [1.82, 2.24) is 14.4 Å². The van der Waals surface area contributed by atoms with Gasteiger partial charge in [0.15, 0.2) is 0 Å².